The van der Waals surface area contributed by atoms with Gasteiger partial charge in [-0.05, 0) is 51.6 Å². The van der Waals surface area contributed by atoms with Crippen molar-refractivity contribution >= 4 is 5.97 Å². The van der Waals surface area contributed by atoms with E-state index in [2.05, 4.69) is 17.1 Å². The second-order valence-electron chi connectivity index (χ2n) is 5.96. The van der Waals surface area contributed by atoms with Crippen LogP contribution in [0.4, 0.5) is 0 Å². The predicted octanol–water partition coefficient (Wildman–Crippen LogP) is 1.40. The minimum atomic E-state index is -0.455. The van der Waals surface area contributed by atoms with Crippen molar-refractivity contribution in [2.24, 2.45) is 5.92 Å². The van der Waals surface area contributed by atoms with Crippen LogP contribution in [0, 0.1) is 5.92 Å². The van der Waals surface area contributed by atoms with E-state index in [0.717, 1.165) is 25.2 Å². The molecule has 1 heterocycles. The summed E-state index contributed by atoms with van der Waals surface area (Å²) in [6.07, 6.45) is 5.40. The fraction of sp³-hybridized carbons (Fsp3) is 0.929. The zero-order valence-electron chi connectivity index (χ0n) is 11.9. The number of likely N-dealkylation sites (N-methyl/N-ethyl adjacent to an activating group) is 1. The Kier molecular flexibility index (Phi) is 4.28. The number of hydrogen-bond acceptors (Lipinski definition) is 4. The van der Waals surface area contributed by atoms with E-state index in [4.69, 9.17) is 4.74 Å². The Labute approximate surface area is 110 Å². The number of methoxy groups -OCH3 is 1. The number of rotatable bonds is 3. The number of hydrogen-bond donors (Lipinski definition) is 1. The molecule has 0 radical (unpaired) electrons. The van der Waals surface area contributed by atoms with Crippen LogP contribution in [0.3, 0.4) is 0 Å². The number of esters is 1. The number of carbonyl (C=O) groups is 1. The third-order valence-corrected chi connectivity index (χ3v) is 4.75. The van der Waals surface area contributed by atoms with Crippen LogP contribution >= 0.6 is 0 Å². The molecule has 0 aromatic rings. The van der Waals surface area contributed by atoms with E-state index in [-0.39, 0.29) is 5.97 Å². The molecule has 0 bridgehead atoms. The van der Waals surface area contributed by atoms with Gasteiger partial charge in [0.2, 0.25) is 0 Å². The average molecular weight is 254 g/mol. The predicted molar refractivity (Wildman–Crippen MR) is 71.4 cm³/mol. The Balaban J connectivity index is 2.05. The topological polar surface area (TPSA) is 41.6 Å². The van der Waals surface area contributed by atoms with Crippen molar-refractivity contribution in [3.05, 3.63) is 0 Å². The highest BCUT2D eigenvalue weighted by Crippen LogP contribution is 2.34. The highest BCUT2D eigenvalue weighted by Gasteiger charge is 2.44. The molecule has 0 amide bonds. The van der Waals surface area contributed by atoms with Gasteiger partial charge in [-0.2, -0.15) is 0 Å². The fourth-order valence-electron chi connectivity index (χ4n) is 3.57. The highest BCUT2D eigenvalue weighted by atomic mass is 16.5. The molecular weight excluding hydrogens is 228 g/mol. The molecule has 2 rings (SSSR count). The van der Waals surface area contributed by atoms with Gasteiger partial charge in [-0.15, -0.1) is 0 Å². The van der Waals surface area contributed by atoms with Gasteiger partial charge in [0.05, 0.1) is 7.11 Å². The molecule has 18 heavy (non-hydrogen) atoms. The lowest BCUT2D eigenvalue weighted by molar-refractivity contribution is -0.151. The van der Waals surface area contributed by atoms with Crippen LogP contribution in [0.25, 0.3) is 0 Å². The number of carbonyl (C=O) groups excluding carboxylic acids is 1. The summed E-state index contributed by atoms with van der Waals surface area (Å²) in [6, 6.07) is 0.537. The molecule has 4 nitrogen and oxygen atoms in total. The maximum absolute atomic E-state index is 12.0. The van der Waals surface area contributed by atoms with Crippen LogP contribution in [0.15, 0.2) is 0 Å². The van der Waals surface area contributed by atoms with Crippen LogP contribution in [0.2, 0.25) is 0 Å². The summed E-state index contributed by atoms with van der Waals surface area (Å²) in [6.45, 7) is 4.69. The highest BCUT2D eigenvalue weighted by molar-refractivity contribution is 5.81. The Morgan fingerprint density at radius 3 is 2.78 bits per heavy atom. The zero-order valence-corrected chi connectivity index (χ0v) is 11.9. The van der Waals surface area contributed by atoms with Gasteiger partial charge in [0.1, 0.15) is 5.54 Å². The molecule has 2 fully saturated rings. The van der Waals surface area contributed by atoms with E-state index in [0.29, 0.717) is 6.04 Å². The lowest BCUT2D eigenvalue weighted by Crippen LogP contribution is -2.57. The van der Waals surface area contributed by atoms with E-state index in [1.54, 1.807) is 0 Å². The van der Waals surface area contributed by atoms with Gasteiger partial charge in [0.25, 0.3) is 0 Å². The first-order valence-electron chi connectivity index (χ1n) is 7.12. The molecule has 1 saturated carbocycles. The van der Waals surface area contributed by atoms with Gasteiger partial charge in [-0.3, -0.25) is 4.79 Å². The van der Waals surface area contributed by atoms with Crippen molar-refractivity contribution in [2.45, 2.75) is 50.6 Å². The molecule has 0 aromatic heterocycles. The number of nitrogens with zero attached hydrogens (tertiary/aromatic N) is 1. The summed E-state index contributed by atoms with van der Waals surface area (Å²) in [7, 11) is 3.37. The van der Waals surface area contributed by atoms with Crippen molar-refractivity contribution in [1.29, 1.82) is 0 Å². The monoisotopic (exact) mass is 254 g/mol. The van der Waals surface area contributed by atoms with Gasteiger partial charge >= 0.3 is 5.97 Å². The first-order valence-corrected chi connectivity index (χ1v) is 7.12. The minimum Gasteiger partial charge on any atom is -0.468 e. The van der Waals surface area contributed by atoms with Crippen LogP contribution in [-0.2, 0) is 9.53 Å². The summed E-state index contributed by atoms with van der Waals surface area (Å²) < 4.78 is 5.00. The maximum atomic E-state index is 12.0. The third-order valence-electron chi connectivity index (χ3n) is 4.75. The lowest BCUT2D eigenvalue weighted by atomic mass is 9.78. The van der Waals surface area contributed by atoms with E-state index < -0.39 is 5.54 Å². The molecule has 3 atom stereocenters. The Hall–Kier alpha value is -0.610. The largest absolute Gasteiger partial charge is 0.468 e. The summed E-state index contributed by atoms with van der Waals surface area (Å²) in [5.41, 5.74) is -0.455. The molecule has 2 aliphatic rings. The molecule has 1 saturated heterocycles. The average Bonchev–Trinajstić information content (AvgIpc) is 2.84. The van der Waals surface area contributed by atoms with Crippen molar-refractivity contribution in [3.63, 3.8) is 0 Å². The van der Waals surface area contributed by atoms with E-state index in [1.807, 2.05) is 7.05 Å². The van der Waals surface area contributed by atoms with Crippen molar-refractivity contribution in [2.75, 3.05) is 27.2 Å². The zero-order chi connectivity index (χ0) is 13.2. The number of ether oxygens (including phenoxy) is 1. The molecule has 4 heteroatoms. The van der Waals surface area contributed by atoms with Gasteiger partial charge in [0, 0.05) is 12.6 Å². The van der Waals surface area contributed by atoms with Gasteiger partial charge < -0.3 is 15.0 Å². The van der Waals surface area contributed by atoms with Gasteiger partial charge in [-0.1, -0.05) is 6.92 Å². The fourth-order valence-corrected chi connectivity index (χ4v) is 3.57. The second-order valence-corrected chi connectivity index (χ2v) is 5.96. The Bertz CT molecular complexity index is 308. The van der Waals surface area contributed by atoms with Crippen LogP contribution in [0.1, 0.15) is 39.0 Å². The normalized spacial score (nSPS) is 37.7. The molecule has 3 unspecified atom stereocenters. The van der Waals surface area contributed by atoms with Crippen molar-refractivity contribution in [3.8, 4) is 0 Å². The van der Waals surface area contributed by atoms with Crippen molar-refractivity contribution < 1.29 is 9.53 Å². The Morgan fingerprint density at radius 1 is 1.44 bits per heavy atom. The summed E-state index contributed by atoms with van der Waals surface area (Å²) in [5, 5.41) is 3.23. The molecule has 1 N–H and O–H groups in total. The molecule has 0 aromatic carbocycles. The molecule has 104 valence electrons. The molecule has 0 spiro atoms. The SMILES string of the molecule is CNC1(C(=O)OC)CCCC(N2CCC(C)C2)C1. The van der Waals surface area contributed by atoms with Gasteiger partial charge in [-0.25, -0.2) is 0 Å². The smallest absolute Gasteiger partial charge is 0.326 e. The van der Waals surface area contributed by atoms with Crippen molar-refractivity contribution in [1.82, 2.24) is 10.2 Å². The maximum Gasteiger partial charge on any atom is 0.326 e. The van der Waals surface area contributed by atoms with Crippen LogP contribution in [0.5, 0.6) is 0 Å². The van der Waals surface area contributed by atoms with Crippen LogP contribution < -0.4 is 5.32 Å². The third kappa shape index (κ3) is 2.54. The second kappa shape index (κ2) is 5.57. The van der Waals surface area contributed by atoms with Gasteiger partial charge in [0.15, 0.2) is 0 Å². The number of nitrogens with one attached hydrogen (secondary N) is 1. The minimum absolute atomic E-state index is 0.0954. The molecule has 1 aliphatic carbocycles. The van der Waals surface area contributed by atoms with E-state index in [9.17, 15) is 4.79 Å². The molecule has 1 aliphatic heterocycles. The number of likely N-dealkylation sites (tertiary alicyclic amines) is 1. The standard InChI is InChI=1S/C14H26N2O2/c1-11-6-8-16(10-11)12-5-4-7-14(9-12,15-2)13(17)18-3/h11-12,15H,4-10H2,1-3H3. The van der Waals surface area contributed by atoms with Crippen LogP contribution in [-0.4, -0.2) is 49.7 Å². The summed E-state index contributed by atoms with van der Waals surface area (Å²) in [4.78, 5) is 14.6. The Morgan fingerprint density at radius 2 is 2.22 bits per heavy atom. The van der Waals surface area contributed by atoms with E-state index in [1.165, 1.54) is 33.0 Å². The summed E-state index contributed by atoms with van der Waals surface area (Å²) in [5.74, 6) is 0.705. The lowest BCUT2D eigenvalue weighted by Gasteiger charge is -2.41. The molecular formula is C14H26N2O2. The first-order chi connectivity index (χ1) is 8.61. The first kappa shape index (κ1) is 13.8. The quantitative estimate of drug-likeness (QED) is 0.773. The summed E-state index contributed by atoms with van der Waals surface area (Å²) >= 11 is 0. The van der Waals surface area contributed by atoms with E-state index >= 15 is 0 Å².